The van der Waals surface area contributed by atoms with E-state index in [9.17, 15) is 4.79 Å². The highest BCUT2D eigenvalue weighted by Crippen LogP contribution is 2.42. The summed E-state index contributed by atoms with van der Waals surface area (Å²) in [5, 5.41) is 8.84. The van der Waals surface area contributed by atoms with Crippen molar-refractivity contribution in [3.63, 3.8) is 0 Å². The van der Waals surface area contributed by atoms with E-state index in [2.05, 4.69) is 29.2 Å². The second-order valence-electron chi connectivity index (χ2n) is 11.0. The number of amides is 1. The summed E-state index contributed by atoms with van der Waals surface area (Å²) in [6, 6.07) is 2.79. The van der Waals surface area contributed by atoms with Crippen molar-refractivity contribution in [3.05, 3.63) is 22.7 Å². The van der Waals surface area contributed by atoms with Crippen LogP contribution in [0.4, 0.5) is 11.8 Å². The van der Waals surface area contributed by atoms with Gasteiger partial charge in [0.2, 0.25) is 17.7 Å². The van der Waals surface area contributed by atoms with Crippen LogP contribution in [-0.2, 0) is 22.4 Å². The molecule has 0 aromatic carbocycles. The van der Waals surface area contributed by atoms with E-state index >= 15 is 0 Å². The lowest BCUT2D eigenvalue weighted by Crippen LogP contribution is -2.46. The standard InChI is InChI=1S/C27H37N7O3S/c1-16(2)34-10-9-22(32-34)29-27-30-25(37-19-6-4-18(5-7-19)33-11-13-36-14-12-33)23-20-15-17(24(28)35)3-8-21(20)38-26(23)31-27/h9-10,16-19H,3-8,11-15H2,1-2H3,(H2,28,35)(H,29,30,31,32)/t17-,18?,19?/m1/s1. The highest BCUT2D eigenvalue weighted by Gasteiger charge is 2.32. The van der Waals surface area contributed by atoms with Crippen molar-refractivity contribution in [2.45, 2.75) is 77.0 Å². The van der Waals surface area contributed by atoms with E-state index < -0.39 is 0 Å². The molecule has 3 N–H and O–H groups in total. The molecule has 1 aliphatic heterocycles. The maximum absolute atomic E-state index is 12.0. The molecule has 1 atom stereocenters. The normalized spacial score (nSPS) is 24.4. The molecule has 2 aliphatic carbocycles. The lowest BCUT2D eigenvalue weighted by Gasteiger charge is -2.38. The zero-order chi connectivity index (χ0) is 26.2. The first-order valence-corrected chi connectivity index (χ1v) is 14.7. The number of hydrogen-bond donors (Lipinski definition) is 2. The fourth-order valence-corrected chi connectivity index (χ4v) is 7.17. The Kier molecular flexibility index (Phi) is 7.24. The van der Waals surface area contributed by atoms with Crippen LogP contribution in [0.15, 0.2) is 12.3 Å². The minimum Gasteiger partial charge on any atom is -0.474 e. The van der Waals surface area contributed by atoms with Crippen LogP contribution in [-0.4, -0.2) is 69.0 Å². The van der Waals surface area contributed by atoms with E-state index in [1.807, 2.05) is 16.9 Å². The molecule has 1 amide bonds. The number of nitrogens with zero attached hydrogens (tertiary/aromatic N) is 5. The van der Waals surface area contributed by atoms with Crippen LogP contribution in [0.3, 0.4) is 0 Å². The predicted octanol–water partition coefficient (Wildman–Crippen LogP) is 3.82. The highest BCUT2D eigenvalue weighted by atomic mass is 32.1. The molecule has 0 bridgehead atoms. The predicted molar refractivity (Wildman–Crippen MR) is 147 cm³/mol. The summed E-state index contributed by atoms with van der Waals surface area (Å²) in [5.74, 6) is 1.39. The number of morpholine rings is 1. The fourth-order valence-electron chi connectivity index (χ4n) is 5.96. The zero-order valence-electron chi connectivity index (χ0n) is 22.2. The van der Waals surface area contributed by atoms with E-state index in [1.54, 1.807) is 11.3 Å². The number of carbonyl (C=O) groups is 1. The molecule has 1 saturated carbocycles. The molecule has 0 radical (unpaired) electrons. The maximum Gasteiger partial charge on any atom is 0.233 e. The number of ether oxygens (including phenoxy) is 2. The van der Waals surface area contributed by atoms with Crippen molar-refractivity contribution in [2.24, 2.45) is 11.7 Å². The Bertz CT molecular complexity index is 1290. The molecule has 3 aromatic heterocycles. The van der Waals surface area contributed by atoms with Gasteiger partial charge in [0.05, 0.1) is 18.6 Å². The second kappa shape index (κ2) is 10.8. The minimum absolute atomic E-state index is 0.101. The van der Waals surface area contributed by atoms with Gasteiger partial charge in [-0.3, -0.25) is 14.4 Å². The number of carbonyl (C=O) groups excluding carboxylic acids is 1. The van der Waals surface area contributed by atoms with Gasteiger partial charge >= 0.3 is 0 Å². The van der Waals surface area contributed by atoms with E-state index in [0.717, 1.165) is 80.6 Å². The average molecular weight is 540 g/mol. The lowest BCUT2D eigenvalue weighted by molar-refractivity contribution is -0.122. The summed E-state index contributed by atoms with van der Waals surface area (Å²) in [6.07, 6.45) is 8.49. The monoisotopic (exact) mass is 539 g/mol. The number of aryl methyl sites for hydroxylation is 1. The molecular weight excluding hydrogens is 502 g/mol. The Balaban J connectivity index is 1.27. The second-order valence-corrected chi connectivity index (χ2v) is 12.1. The number of thiophene rings is 1. The first-order valence-electron chi connectivity index (χ1n) is 13.9. The highest BCUT2D eigenvalue weighted by molar-refractivity contribution is 7.18. The summed E-state index contributed by atoms with van der Waals surface area (Å²) in [5.41, 5.74) is 6.84. The summed E-state index contributed by atoms with van der Waals surface area (Å²) >= 11 is 1.68. The van der Waals surface area contributed by atoms with Crippen molar-refractivity contribution in [1.82, 2.24) is 24.6 Å². The third-order valence-electron chi connectivity index (χ3n) is 8.14. The zero-order valence-corrected chi connectivity index (χ0v) is 23.0. The minimum atomic E-state index is -0.237. The van der Waals surface area contributed by atoms with Crippen molar-refractivity contribution >= 4 is 39.2 Å². The molecule has 204 valence electrons. The van der Waals surface area contributed by atoms with Crippen LogP contribution in [0.5, 0.6) is 5.88 Å². The van der Waals surface area contributed by atoms with Gasteiger partial charge < -0.3 is 20.5 Å². The van der Waals surface area contributed by atoms with E-state index in [-0.39, 0.29) is 24.0 Å². The van der Waals surface area contributed by atoms with Crippen molar-refractivity contribution in [2.75, 3.05) is 31.6 Å². The molecule has 38 heavy (non-hydrogen) atoms. The molecule has 0 spiro atoms. The molecule has 10 nitrogen and oxygen atoms in total. The van der Waals surface area contributed by atoms with Gasteiger partial charge in [0.25, 0.3) is 0 Å². The Labute approximate surface area is 226 Å². The van der Waals surface area contributed by atoms with Gasteiger partial charge in [0.15, 0.2) is 5.82 Å². The average Bonchev–Trinajstić information content (AvgIpc) is 3.54. The largest absolute Gasteiger partial charge is 0.474 e. The number of rotatable bonds is 7. The van der Waals surface area contributed by atoms with Crippen molar-refractivity contribution in [3.8, 4) is 5.88 Å². The Morgan fingerprint density at radius 2 is 1.97 bits per heavy atom. The number of nitrogens with two attached hydrogens (primary N) is 1. The topological polar surface area (TPSA) is 120 Å². The molecule has 2 fully saturated rings. The van der Waals surface area contributed by atoms with E-state index in [4.69, 9.17) is 25.2 Å². The van der Waals surface area contributed by atoms with Crippen molar-refractivity contribution in [1.29, 1.82) is 0 Å². The van der Waals surface area contributed by atoms with Crippen LogP contribution < -0.4 is 15.8 Å². The Morgan fingerprint density at radius 1 is 1.18 bits per heavy atom. The molecule has 0 unspecified atom stereocenters. The first-order chi connectivity index (χ1) is 18.4. The number of fused-ring (bicyclic) bond motifs is 3. The molecule has 3 aliphatic rings. The lowest BCUT2D eigenvalue weighted by atomic mass is 9.87. The summed E-state index contributed by atoms with van der Waals surface area (Å²) < 4.78 is 14.1. The van der Waals surface area contributed by atoms with Gasteiger partial charge in [-0.1, -0.05) is 0 Å². The number of primary amides is 1. The van der Waals surface area contributed by atoms with Crippen LogP contribution >= 0.6 is 11.3 Å². The Morgan fingerprint density at radius 3 is 2.68 bits per heavy atom. The molecule has 3 aromatic rings. The van der Waals surface area contributed by atoms with E-state index in [0.29, 0.717) is 30.1 Å². The Hall–Kier alpha value is -2.76. The first kappa shape index (κ1) is 25.5. The summed E-state index contributed by atoms with van der Waals surface area (Å²) in [7, 11) is 0. The third-order valence-corrected chi connectivity index (χ3v) is 9.32. The van der Waals surface area contributed by atoms with Gasteiger partial charge in [-0.05, 0) is 64.4 Å². The third kappa shape index (κ3) is 5.23. The van der Waals surface area contributed by atoms with Crippen LogP contribution in [0.2, 0.25) is 0 Å². The molecule has 4 heterocycles. The van der Waals surface area contributed by atoms with Gasteiger partial charge in [-0.25, -0.2) is 4.98 Å². The summed E-state index contributed by atoms with van der Waals surface area (Å²) in [6.45, 7) is 7.88. The summed E-state index contributed by atoms with van der Waals surface area (Å²) in [4.78, 5) is 26.5. The van der Waals surface area contributed by atoms with Crippen LogP contribution in [0, 0.1) is 5.92 Å². The fraction of sp³-hybridized carbons (Fsp3) is 0.630. The molecule has 1 saturated heterocycles. The van der Waals surface area contributed by atoms with Gasteiger partial charge in [0, 0.05) is 48.2 Å². The molecule has 11 heteroatoms. The quantitative estimate of drug-likeness (QED) is 0.465. The number of hydrogen-bond acceptors (Lipinski definition) is 9. The van der Waals surface area contributed by atoms with Gasteiger partial charge in [0.1, 0.15) is 10.9 Å². The molecular formula is C27H37N7O3S. The van der Waals surface area contributed by atoms with Gasteiger partial charge in [-0.15, -0.1) is 11.3 Å². The number of anilines is 2. The SMILES string of the molecule is CC(C)n1ccc(Nc2nc(OC3CCC(N4CCOCC4)CC3)c3c4c(sc3n2)CC[C@@H](C(N)=O)C4)n1. The maximum atomic E-state index is 12.0. The number of aromatic nitrogens is 4. The molecule has 6 rings (SSSR count). The van der Waals surface area contributed by atoms with Crippen LogP contribution in [0.25, 0.3) is 10.2 Å². The number of nitrogens with one attached hydrogen (secondary N) is 1. The smallest absolute Gasteiger partial charge is 0.233 e. The van der Waals surface area contributed by atoms with Crippen LogP contribution in [0.1, 0.15) is 62.4 Å². The van der Waals surface area contributed by atoms with Crippen molar-refractivity contribution < 1.29 is 14.3 Å². The van der Waals surface area contributed by atoms with Gasteiger partial charge in [-0.2, -0.15) is 10.1 Å². The van der Waals surface area contributed by atoms with E-state index in [1.165, 1.54) is 4.88 Å².